The van der Waals surface area contributed by atoms with Gasteiger partial charge < -0.3 is 9.14 Å². The zero-order valence-corrected chi connectivity index (χ0v) is 12.6. The molecule has 0 amide bonds. The summed E-state index contributed by atoms with van der Waals surface area (Å²) in [5, 5.41) is 0. The summed E-state index contributed by atoms with van der Waals surface area (Å²) in [5.74, 6) is -0.156. The first kappa shape index (κ1) is 13.1. The monoisotopic (exact) mass is 334 g/mol. The molecule has 102 valence electrons. The summed E-state index contributed by atoms with van der Waals surface area (Å²) >= 11 is 3.49. The second-order valence-corrected chi connectivity index (χ2v) is 5.32. The van der Waals surface area contributed by atoms with Gasteiger partial charge in [0.25, 0.3) is 0 Å². The van der Waals surface area contributed by atoms with E-state index in [-0.39, 0.29) is 11.6 Å². The number of aryl methyl sites for hydroxylation is 1. The van der Waals surface area contributed by atoms with Gasteiger partial charge in [0.05, 0.1) is 12.8 Å². The number of hydrogen-bond acceptors (Lipinski definition) is 2. The largest absolute Gasteiger partial charge is 0.494 e. The van der Waals surface area contributed by atoms with Crippen molar-refractivity contribution in [1.29, 1.82) is 0 Å². The van der Waals surface area contributed by atoms with Crippen molar-refractivity contribution in [3.63, 3.8) is 0 Å². The van der Waals surface area contributed by atoms with E-state index in [2.05, 4.69) is 20.9 Å². The number of nitrogens with zero attached hydrogens (tertiary/aromatic N) is 2. The maximum absolute atomic E-state index is 13.8. The Kier molecular flexibility index (Phi) is 3.22. The minimum Gasteiger partial charge on any atom is -0.494 e. The molecule has 0 aliphatic rings. The number of pyridine rings is 1. The van der Waals surface area contributed by atoms with Crippen LogP contribution in [0.2, 0.25) is 0 Å². The average molecular weight is 335 g/mol. The van der Waals surface area contributed by atoms with Gasteiger partial charge in [-0.05, 0) is 53.2 Å². The molecule has 0 saturated carbocycles. The number of benzene rings is 1. The summed E-state index contributed by atoms with van der Waals surface area (Å²) in [6.45, 7) is 2.00. The van der Waals surface area contributed by atoms with Gasteiger partial charge in [-0.1, -0.05) is 0 Å². The van der Waals surface area contributed by atoms with Crippen molar-refractivity contribution in [2.45, 2.75) is 6.92 Å². The third-order valence-electron chi connectivity index (χ3n) is 3.27. The molecule has 0 unspecified atom stereocenters. The number of aromatic nitrogens is 2. The highest BCUT2D eigenvalue weighted by atomic mass is 79.9. The van der Waals surface area contributed by atoms with Gasteiger partial charge in [0.1, 0.15) is 5.65 Å². The predicted octanol–water partition coefficient (Wildman–Crippen LogP) is 4.22. The molecule has 3 nitrogen and oxygen atoms in total. The van der Waals surface area contributed by atoms with Crippen LogP contribution in [0.15, 0.2) is 41.0 Å². The number of imidazole rings is 1. The first-order valence-corrected chi connectivity index (χ1v) is 6.87. The Morgan fingerprint density at radius 1 is 1.25 bits per heavy atom. The van der Waals surface area contributed by atoms with Crippen LogP contribution in [0.3, 0.4) is 0 Å². The third-order valence-corrected chi connectivity index (χ3v) is 4.10. The number of rotatable bonds is 2. The van der Waals surface area contributed by atoms with Crippen LogP contribution in [0.5, 0.6) is 5.75 Å². The maximum atomic E-state index is 13.8. The molecule has 0 spiro atoms. The zero-order chi connectivity index (χ0) is 14.3. The third kappa shape index (κ3) is 2.08. The Morgan fingerprint density at radius 3 is 2.75 bits per heavy atom. The highest BCUT2D eigenvalue weighted by molar-refractivity contribution is 9.10. The van der Waals surface area contributed by atoms with Gasteiger partial charge in [-0.15, -0.1) is 0 Å². The standard InChI is InChI=1S/C15H12BrFN2O/c1-9-11(16)4-6-15-18-13(8-19(9)15)10-3-5-14(20-2)12(17)7-10/h3-8H,1-2H3. The molecule has 1 aromatic carbocycles. The highest BCUT2D eigenvalue weighted by Gasteiger charge is 2.10. The number of fused-ring (bicyclic) bond motifs is 1. The average Bonchev–Trinajstić information content (AvgIpc) is 2.88. The first-order chi connectivity index (χ1) is 9.60. The Labute approximate surface area is 124 Å². The normalized spacial score (nSPS) is 11.0. The van der Waals surface area contributed by atoms with Crippen LogP contribution in [0.1, 0.15) is 5.69 Å². The van der Waals surface area contributed by atoms with E-state index in [0.29, 0.717) is 0 Å². The molecule has 0 saturated heterocycles. The van der Waals surface area contributed by atoms with Crippen LogP contribution in [0.25, 0.3) is 16.9 Å². The lowest BCUT2D eigenvalue weighted by Gasteiger charge is -2.02. The Balaban J connectivity index is 2.15. The lowest BCUT2D eigenvalue weighted by atomic mass is 10.1. The summed E-state index contributed by atoms with van der Waals surface area (Å²) in [6.07, 6.45) is 1.90. The van der Waals surface area contributed by atoms with Crippen LogP contribution in [-0.4, -0.2) is 16.5 Å². The van der Waals surface area contributed by atoms with E-state index in [1.807, 2.05) is 29.7 Å². The fraction of sp³-hybridized carbons (Fsp3) is 0.133. The molecule has 20 heavy (non-hydrogen) atoms. The van der Waals surface area contributed by atoms with Crippen LogP contribution in [0, 0.1) is 12.7 Å². The summed E-state index contributed by atoms with van der Waals surface area (Å²) in [5.41, 5.74) is 3.34. The second kappa shape index (κ2) is 4.90. The first-order valence-electron chi connectivity index (χ1n) is 6.08. The zero-order valence-electron chi connectivity index (χ0n) is 11.0. The summed E-state index contributed by atoms with van der Waals surface area (Å²) < 4.78 is 21.7. The lowest BCUT2D eigenvalue weighted by Crippen LogP contribution is -1.89. The van der Waals surface area contributed by atoms with Crippen LogP contribution in [-0.2, 0) is 0 Å². The van der Waals surface area contributed by atoms with Crippen LogP contribution < -0.4 is 4.74 Å². The molecule has 0 aliphatic heterocycles. The van der Waals surface area contributed by atoms with E-state index >= 15 is 0 Å². The van der Waals surface area contributed by atoms with Gasteiger partial charge in [0, 0.05) is 21.9 Å². The minimum absolute atomic E-state index is 0.233. The number of hydrogen-bond donors (Lipinski definition) is 0. The van der Waals surface area contributed by atoms with Crippen molar-refractivity contribution in [2.24, 2.45) is 0 Å². The summed E-state index contributed by atoms with van der Waals surface area (Å²) in [6, 6.07) is 8.72. The van der Waals surface area contributed by atoms with Crippen LogP contribution >= 0.6 is 15.9 Å². The van der Waals surface area contributed by atoms with Gasteiger partial charge in [0.15, 0.2) is 11.6 Å². The van der Waals surface area contributed by atoms with E-state index in [9.17, 15) is 4.39 Å². The van der Waals surface area contributed by atoms with Crippen molar-refractivity contribution in [3.8, 4) is 17.0 Å². The molecule has 2 heterocycles. The van der Waals surface area contributed by atoms with E-state index < -0.39 is 0 Å². The molecule has 0 bridgehead atoms. The molecular weight excluding hydrogens is 323 g/mol. The number of ether oxygens (including phenoxy) is 1. The van der Waals surface area contributed by atoms with Crippen molar-refractivity contribution in [3.05, 3.63) is 52.5 Å². The quantitative estimate of drug-likeness (QED) is 0.701. The smallest absolute Gasteiger partial charge is 0.165 e. The van der Waals surface area contributed by atoms with Crippen molar-refractivity contribution in [2.75, 3.05) is 7.11 Å². The fourth-order valence-corrected chi connectivity index (χ4v) is 2.45. The van der Waals surface area contributed by atoms with E-state index in [0.717, 1.165) is 27.1 Å². The molecule has 3 aromatic rings. The Morgan fingerprint density at radius 2 is 2.05 bits per heavy atom. The highest BCUT2D eigenvalue weighted by Crippen LogP contribution is 2.26. The van der Waals surface area contributed by atoms with Crippen molar-refractivity contribution < 1.29 is 9.13 Å². The molecule has 0 aliphatic carbocycles. The molecule has 0 atom stereocenters. The van der Waals surface area contributed by atoms with Gasteiger partial charge in [-0.3, -0.25) is 0 Å². The maximum Gasteiger partial charge on any atom is 0.165 e. The Hall–Kier alpha value is -1.88. The molecule has 0 radical (unpaired) electrons. The molecule has 0 fully saturated rings. The van der Waals surface area contributed by atoms with Gasteiger partial charge in [0.2, 0.25) is 0 Å². The summed E-state index contributed by atoms with van der Waals surface area (Å²) in [7, 11) is 1.45. The van der Waals surface area contributed by atoms with Crippen LogP contribution in [0.4, 0.5) is 4.39 Å². The lowest BCUT2D eigenvalue weighted by molar-refractivity contribution is 0.386. The fourth-order valence-electron chi connectivity index (χ4n) is 2.13. The van der Waals surface area contributed by atoms with E-state index in [1.54, 1.807) is 12.1 Å². The van der Waals surface area contributed by atoms with Crippen molar-refractivity contribution >= 4 is 21.6 Å². The molecule has 3 rings (SSSR count). The number of methoxy groups -OCH3 is 1. The van der Waals surface area contributed by atoms with E-state index in [4.69, 9.17) is 4.74 Å². The van der Waals surface area contributed by atoms with E-state index in [1.165, 1.54) is 13.2 Å². The molecule has 0 N–H and O–H groups in total. The number of halogens is 2. The molecular formula is C15H12BrFN2O. The molecule has 2 aromatic heterocycles. The SMILES string of the molecule is COc1ccc(-c2cn3c(C)c(Br)ccc3n2)cc1F. The minimum atomic E-state index is -0.389. The Bertz CT molecular complexity index is 798. The molecule has 5 heteroatoms. The van der Waals surface area contributed by atoms with Crippen molar-refractivity contribution in [1.82, 2.24) is 9.38 Å². The predicted molar refractivity (Wildman–Crippen MR) is 79.6 cm³/mol. The van der Waals surface area contributed by atoms with Gasteiger partial charge >= 0.3 is 0 Å². The van der Waals surface area contributed by atoms with Gasteiger partial charge in [-0.25, -0.2) is 9.37 Å². The summed E-state index contributed by atoms with van der Waals surface area (Å²) in [4.78, 5) is 4.52. The topological polar surface area (TPSA) is 26.5 Å². The second-order valence-electron chi connectivity index (χ2n) is 4.47. The van der Waals surface area contributed by atoms with Gasteiger partial charge in [-0.2, -0.15) is 0 Å².